The van der Waals surface area contributed by atoms with Crippen LogP contribution in [-0.2, 0) is 32.0 Å². The number of carbonyl (C=O) groups is 4. The highest BCUT2D eigenvalue weighted by Gasteiger charge is 2.32. The van der Waals surface area contributed by atoms with Crippen LogP contribution in [0.5, 0.6) is 5.75 Å². The minimum absolute atomic E-state index is 0.0264. The second kappa shape index (κ2) is 13.6. The van der Waals surface area contributed by atoms with E-state index in [-0.39, 0.29) is 36.5 Å². The van der Waals surface area contributed by atoms with E-state index in [9.17, 15) is 29.4 Å². The van der Waals surface area contributed by atoms with Gasteiger partial charge in [0.2, 0.25) is 17.7 Å². The number of carbonyl (C=O) groups excluding carboxylic acids is 3. The van der Waals surface area contributed by atoms with E-state index in [0.717, 1.165) is 13.0 Å². The van der Waals surface area contributed by atoms with Crippen molar-refractivity contribution in [1.29, 1.82) is 0 Å². The molecule has 1 aliphatic heterocycles. The van der Waals surface area contributed by atoms with Gasteiger partial charge >= 0.3 is 5.97 Å². The van der Waals surface area contributed by atoms with Crippen LogP contribution in [0, 0.1) is 5.92 Å². The summed E-state index contributed by atoms with van der Waals surface area (Å²) < 4.78 is 0. The standard InChI is InChI=1S/C26H36N6O6/c1-15(2)10-20(30-23(34)19-4-3-9-28-19)24(35)31-21(11-16-5-7-18(33)8-6-16)25(36)32-22(26(37)38)12-17-13-27-14-29-17/h5-8,13-15,19-22,28,33H,3-4,9-12H2,1-2H3,(H,27,29)(H,30,34)(H,31,35)(H,32,36)(H,37,38). The molecule has 2 aromatic rings. The minimum atomic E-state index is -1.26. The van der Waals surface area contributed by atoms with Gasteiger partial charge in [-0.15, -0.1) is 0 Å². The van der Waals surface area contributed by atoms with Gasteiger partial charge in [0.1, 0.15) is 23.9 Å². The summed E-state index contributed by atoms with van der Waals surface area (Å²) in [6, 6.07) is 2.50. The predicted octanol–water partition coefficient (Wildman–Crippen LogP) is 0.238. The number of imidazole rings is 1. The lowest BCUT2D eigenvalue weighted by molar-refractivity contribution is -0.142. The van der Waals surface area contributed by atoms with Crippen LogP contribution >= 0.6 is 0 Å². The molecule has 4 unspecified atom stereocenters. The molecular formula is C26H36N6O6. The Morgan fingerprint density at radius 1 is 1.00 bits per heavy atom. The first kappa shape index (κ1) is 28.6. The van der Waals surface area contributed by atoms with Crippen molar-refractivity contribution in [2.24, 2.45) is 5.92 Å². The number of benzene rings is 1. The van der Waals surface area contributed by atoms with Gasteiger partial charge in [-0.05, 0) is 49.4 Å². The highest BCUT2D eigenvalue weighted by atomic mass is 16.4. The molecule has 12 nitrogen and oxygen atoms in total. The fourth-order valence-electron chi connectivity index (χ4n) is 4.32. The number of carboxylic acids is 1. The molecule has 7 N–H and O–H groups in total. The molecular weight excluding hydrogens is 492 g/mol. The zero-order chi connectivity index (χ0) is 27.7. The predicted molar refractivity (Wildman–Crippen MR) is 138 cm³/mol. The summed E-state index contributed by atoms with van der Waals surface area (Å²) in [6.45, 7) is 4.58. The van der Waals surface area contributed by atoms with Gasteiger partial charge in [-0.2, -0.15) is 0 Å². The third-order valence-corrected chi connectivity index (χ3v) is 6.32. The number of phenols is 1. The van der Waals surface area contributed by atoms with Crippen LogP contribution in [0.1, 0.15) is 44.4 Å². The van der Waals surface area contributed by atoms with Crippen LogP contribution in [0.25, 0.3) is 0 Å². The van der Waals surface area contributed by atoms with Crippen LogP contribution in [0.3, 0.4) is 0 Å². The zero-order valence-electron chi connectivity index (χ0n) is 21.6. The molecule has 4 atom stereocenters. The first-order valence-corrected chi connectivity index (χ1v) is 12.7. The first-order chi connectivity index (χ1) is 18.1. The summed E-state index contributed by atoms with van der Waals surface area (Å²) in [4.78, 5) is 57.9. The van der Waals surface area contributed by atoms with Gasteiger partial charge in [0.05, 0.1) is 12.4 Å². The Morgan fingerprint density at radius 2 is 1.68 bits per heavy atom. The molecule has 2 heterocycles. The van der Waals surface area contributed by atoms with E-state index >= 15 is 0 Å². The molecule has 3 rings (SSSR count). The van der Waals surface area contributed by atoms with E-state index in [1.54, 1.807) is 12.1 Å². The van der Waals surface area contributed by atoms with Gasteiger partial charge in [-0.25, -0.2) is 9.78 Å². The number of phenolic OH excluding ortho intramolecular Hbond substituents is 1. The molecule has 1 saturated heterocycles. The summed E-state index contributed by atoms with van der Waals surface area (Å²) in [7, 11) is 0. The number of aromatic amines is 1. The Hall–Kier alpha value is -3.93. The maximum atomic E-state index is 13.4. The number of amides is 3. The Labute approximate surface area is 221 Å². The first-order valence-electron chi connectivity index (χ1n) is 12.7. The van der Waals surface area contributed by atoms with Crippen molar-refractivity contribution >= 4 is 23.7 Å². The van der Waals surface area contributed by atoms with E-state index < -0.39 is 35.9 Å². The highest BCUT2D eigenvalue weighted by Crippen LogP contribution is 2.13. The largest absolute Gasteiger partial charge is 0.508 e. The smallest absolute Gasteiger partial charge is 0.326 e. The lowest BCUT2D eigenvalue weighted by Crippen LogP contribution is -2.58. The van der Waals surface area contributed by atoms with Crippen molar-refractivity contribution in [1.82, 2.24) is 31.2 Å². The molecule has 1 aliphatic rings. The Morgan fingerprint density at radius 3 is 2.26 bits per heavy atom. The van der Waals surface area contributed by atoms with Crippen molar-refractivity contribution in [3.05, 3.63) is 48.0 Å². The quantitative estimate of drug-likeness (QED) is 0.193. The number of hydrogen-bond acceptors (Lipinski definition) is 7. The third kappa shape index (κ3) is 8.58. The summed E-state index contributed by atoms with van der Waals surface area (Å²) in [5, 5.41) is 30.4. The lowest BCUT2D eigenvalue weighted by atomic mass is 10.00. The molecule has 1 aromatic heterocycles. The molecule has 0 aliphatic carbocycles. The molecule has 0 bridgehead atoms. The molecule has 1 aromatic carbocycles. The maximum Gasteiger partial charge on any atom is 0.326 e. The molecule has 1 fully saturated rings. The third-order valence-electron chi connectivity index (χ3n) is 6.32. The van der Waals surface area contributed by atoms with Gasteiger partial charge in [-0.1, -0.05) is 26.0 Å². The molecule has 0 spiro atoms. The van der Waals surface area contributed by atoms with Crippen molar-refractivity contribution in [2.45, 2.75) is 70.1 Å². The van der Waals surface area contributed by atoms with Gasteiger partial charge in [0.25, 0.3) is 0 Å². The molecule has 0 radical (unpaired) electrons. The van der Waals surface area contributed by atoms with E-state index in [2.05, 4.69) is 31.2 Å². The van der Waals surface area contributed by atoms with Crippen LogP contribution in [0.2, 0.25) is 0 Å². The monoisotopic (exact) mass is 528 g/mol. The number of H-pyrrole nitrogens is 1. The number of carboxylic acid groups (broad SMARTS) is 1. The van der Waals surface area contributed by atoms with Gasteiger partial charge in [0.15, 0.2) is 0 Å². The van der Waals surface area contributed by atoms with E-state index in [1.165, 1.54) is 24.7 Å². The second-order valence-corrected chi connectivity index (χ2v) is 9.95. The minimum Gasteiger partial charge on any atom is -0.508 e. The maximum absolute atomic E-state index is 13.4. The Balaban J connectivity index is 1.77. The van der Waals surface area contributed by atoms with Crippen molar-refractivity contribution < 1.29 is 29.4 Å². The highest BCUT2D eigenvalue weighted by molar-refractivity contribution is 5.94. The summed E-state index contributed by atoms with van der Waals surface area (Å²) in [5.74, 6) is -2.61. The topological polar surface area (TPSA) is 186 Å². The van der Waals surface area contributed by atoms with Crippen LogP contribution < -0.4 is 21.3 Å². The van der Waals surface area contributed by atoms with Gasteiger partial charge in [-0.3, -0.25) is 14.4 Å². The van der Waals surface area contributed by atoms with Crippen molar-refractivity contribution in [2.75, 3.05) is 6.54 Å². The fraction of sp³-hybridized carbons (Fsp3) is 0.500. The van der Waals surface area contributed by atoms with Crippen molar-refractivity contribution in [3.63, 3.8) is 0 Å². The molecule has 0 saturated carbocycles. The number of aliphatic carboxylic acids is 1. The number of hydrogen-bond donors (Lipinski definition) is 7. The van der Waals surface area contributed by atoms with Crippen LogP contribution in [0.15, 0.2) is 36.8 Å². The Kier molecular flexibility index (Phi) is 10.2. The number of nitrogens with zero attached hydrogens (tertiary/aromatic N) is 1. The number of aromatic hydroxyl groups is 1. The van der Waals surface area contributed by atoms with Gasteiger partial charge in [0, 0.05) is 24.7 Å². The average Bonchev–Trinajstić information content (AvgIpc) is 3.58. The molecule has 3 amide bonds. The van der Waals surface area contributed by atoms with Crippen LogP contribution in [-0.4, -0.2) is 74.6 Å². The van der Waals surface area contributed by atoms with E-state index in [1.807, 2.05) is 13.8 Å². The zero-order valence-corrected chi connectivity index (χ0v) is 21.6. The molecule has 12 heteroatoms. The molecule has 38 heavy (non-hydrogen) atoms. The van der Waals surface area contributed by atoms with Crippen LogP contribution in [0.4, 0.5) is 0 Å². The van der Waals surface area contributed by atoms with Gasteiger partial charge < -0.3 is 36.5 Å². The Bertz CT molecular complexity index is 1080. The number of nitrogens with one attached hydrogen (secondary N) is 5. The SMILES string of the molecule is CC(C)CC(NC(=O)C1CCCN1)C(=O)NC(Cc1ccc(O)cc1)C(=O)NC(Cc1cnc[nH]1)C(=O)O. The summed E-state index contributed by atoms with van der Waals surface area (Å²) in [5.41, 5.74) is 1.17. The summed E-state index contributed by atoms with van der Waals surface area (Å²) in [6.07, 6.45) is 4.81. The van der Waals surface area contributed by atoms with E-state index in [0.29, 0.717) is 24.1 Å². The average molecular weight is 529 g/mol. The normalized spacial score (nSPS) is 17.4. The second-order valence-electron chi connectivity index (χ2n) is 9.95. The fourth-order valence-corrected chi connectivity index (χ4v) is 4.32. The van der Waals surface area contributed by atoms with Crippen molar-refractivity contribution in [3.8, 4) is 5.75 Å². The lowest BCUT2D eigenvalue weighted by Gasteiger charge is -2.26. The van der Waals surface area contributed by atoms with E-state index in [4.69, 9.17) is 0 Å². The number of rotatable bonds is 13. The number of aromatic nitrogens is 2. The summed E-state index contributed by atoms with van der Waals surface area (Å²) >= 11 is 0. The molecule has 206 valence electrons.